The highest BCUT2D eigenvalue weighted by Gasteiger charge is 2.01. The summed E-state index contributed by atoms with van der Waals surface area (Å²) in [5.41, 5.74) is 3.87. The average molecular weight is 255 g/mol. The zero-order chi connectivity index (χ0) is 13.7. The highest BCUT2D eigenvalue weighted by atomic mass is 16.2. The summed E-state index contributed by atoms with van der Waals surface area (Å²) >= 11 is 0. The van der Waals surface area contributed by atoms with Crippen LogP contribution in [0, 0.1) is 13.8 Å². The number of carbonyl (C=O) groups excluding carboxylic acids is 1. The van der Waals surface area contributed by atoms with E-state index in [1.165, 1.54) is 5.56 Å². The van der Waals surface area contributed by atoms with Gasteiger partial charge in [-0.2, -0.15) is 0 Å². The maximum Gasteiger partial charge on any atom is 0.319 e. The van der Waals surface area contributed by atoms with Crippen LogP contribution in [-0.4, -0.2) is 11.0 Å². The Morgan fingerprint density at radius 2 is 2.05 bits per heavy atom. The first kappa shape index (κ1) is 13.1. The number of aryl methyl sites for hydroxylation is 2. The molecule has 1 aromatic carbocycles. The van der Waals surface area contributed by atoms with Gasteiger partial charge < -0.3 is 10.6 Å². The SMILES string of the molecule is Cc1cccc(CNC(=O)Nc2ccc(C)nc2)c1. The van der Waals surface area contributed by atoms with E-state index in [2.05, 4.69) is 15.6 Å². The van der Waals surface area contributed by atoms with Gasteiger partial charge in [0, 0.05) is 12.2 Å². The molecule has 0 aliphatic heterocycles. The number of hydrogen-bond donors (Lipinski definition) is 2. The number of hydrogen-bond acceptors (Lipinski definition) is 2. The Bertz CT molecular complexity index is 564. The van der Waals surface area contributed by atoms with Crippen molar-refractivity contribution >= 4 is 11.7 Å². The van der Waals surface area contributed by atoms with Gasteiger partial charge in [-0.25, -0.2) is 4.79 Å². The molecule has 98 valence electrons. The first-order chi connectivity index (χ1) is 9.13. The summed E-state index contributed by atoms with van der Waals surface area (Å²) in [6.07, 6.45) is 1.64. The standard InChI is InChI=1S/C15H17N3O/c1-11-4-3-5-13(8-11)9-17-15(19)18-14-7-6-12(2)16-10-14/h3-8,10H,9H2,1-2H3,(H2,17,18,19). The molecule has 0 atom stereocenters. The van der Waals surface area contributed by atoms with Gasteiger partial charge in [0.25, 0.3) is 0 Å². The minimum absolute atomic E-state index is 0.229. The first-order valence-electron chi connectivity index (χ1n) is 6.16. The summed E-state index contributed by atoms with van der Waals surface area (Å²) in [6, 6.07) is 11.5. The minimum atomic E-state index is -0.229. The van der Waals surface area contributed by atoms with Crippen LogP contribution in [0.1, 0.15) is 16.8 Å². The Morgan fingerprint density at radius 1 is 1.21 bits per heavy atom. The van der Waals surface area contributed by atoms with Crippen LogP contribution in [0.2, 0.25) is 0 Å². The number of aromatic nitrogens is 1. The van der Waals surface area contributed by atoms with Gasteiger partial charge in [0.2, 0.25) is 0 Å². The Morgan fingerprint density at radius 3 is 2.74 bits per heavy atom. The molecule has 1 aromatic heterocycles. The fourth-order valence-corrected chi connectivity index (χ4v) is 1.72. The number of carbonyl (C=O) groups is 1. The van der Waals surface area contributed by atoms with Crippen LogP contribution in [0.4, 0.5) is 10.5 Å². The summed E-state index contributed by atoms with van der Waals surface area (Å²) in [7, 11) is 0. The smallest absolute Gasteiger partial charge is 0.319 e. The lowest BCUT2D eigenvalue weighted by atomic mass is 10.1. The maximum atomic E-state index is 11.7. The minimum Gasteiger partial charge on any atom is -0.334 e. The van der Waals surface area contributed by atoms with E-state index in [4.69, 9.17) is 0 Å². The molecule has 0 aliphatic carbocycles. The van der Waals surface area contributed by atoms with Gasteiger partial charge in [-0.3, -0.25) is 4.98 Å². The second-order valence-electron chi connectivity index (χ2n) is 4.48. The fraction of sp³-hybridized carbons (Fsp3) is 0.200. The first-order valence-corrected chi connectivity index (χ1v) is 6.16. The van der Waals surface area contributed by atoms with E-state index in [9.17, 15) is 4.79 Å². The molecular formula is C15H17N3O. The van der Waals surface area contributed by atoms with Crippen molar-refractivity contribution in [1.29, 1.82) is 0 Å². The highest BCUT2D eigenvalue weighted by molar-refractivity contribution is 5.88. The molecule has 0 saturated heterocycles. The quantitative estimate of drug-likeness (QED) is 0.885. The van der Waals surface area contributed by atoms with Gasteiger partial charge in [-0.1, -0.05) is 29.8 Å². The van der Waals surface area contributed by atoms with Gasteiger partial charge in [0.05, 0.1) is 11.9 Å². The molecule has 0 bridgehead atoms. The molecule has 0 unspecified atom stereocenters. The zero-order valence-corrected chi connectivity index (χ0v) is 11.1. The van der Waals surface area contributed by atoms with Crippen LogP contribution < -0.4 is 10.6 Å². The van der Waals surface area contributed by atoms with E-state index in [-0.39, 0.29) is 6.03 Å². The summed E-state index contributed by atoms with van der Waals surface area (Å²) in [5, 5.41) is 5.55. The summed E-state index contributed by atoms with van der Waals surface area (Å²) < 4.78 is 0. The van der Waals surface area contributed by atoms with Crippen molar-refractivity contribution < 1.29 is 4.79 Å². The molecule has 0 spiro atoms. The van der Waals surface area contributed by atoms with E-state index in [1.54, 1.807) is 6.20 Å². The molecule has 0 saturated carbocycles. The number of anilines is 1. The molecule has 4 heteroatoms. The average Bonchev–Trinajstić information content (AvgIpc) is 2.39. The molecule has 2 rings (SSSR count). The van der Waals surface area contributed by atoms with Crippen molar-refractivity contribution in [1.82, 2.24) is 10.3 Å². The molecular weight excluding hydrogens is 238 g/mol. The fourth-order valence-electron chi connectivity index (χ4n) is 1.72. The van der Waals surface area contributed by atoms with Crippen LogP contribution in [-0.2, 0) is 6.54 Å². The molecule has 0 aliphatic rings. The summed E-state index contributed by atoms with van der Waals surface area (Å²) in [4.78, 5) is 15.8. The number of rotatable bonds is 3. The number of amides is 2. The van der Waals surface area contributed by atoms with Crippen LogP contribution >= 0.6 is 0 Å². The third-order valence-corrected chi connectivity index (χ3v) is 2.70. The lowest BCUT2D eigenvalue weighted by Gasteiger charge is -2.08. The van der Waals surface area contributed by atoms with Crippen LogP contribution in [0.25, 0.3) is 0 Å². The second-order valence-corrected chi connectivity index (χ2v) is 4.48. The maximum absolute atomic E-state index is 11.7. The van der Waals surface area contributed by atoms with E-state index >= 15 is 0 Å². The summed E-state index contributed by atoms with van der Waals surface area (Å²) in [5.74, 6) is 0. The Labute approximate surface area is 112 Å². The molecule has 19 heavy (non-hydrogen) atoms. The Kier molecular flexibility index (Phi) is 4.13. The number of nitrogens with one attached hydrogen (secondary N) is 2. The van der Waals surface area contributed by atoms with E-state index in [1.807, 2.05) is 50.2 Å². The van der Waals surface area contributed by atoms with Crippen LogP contribution in [0.5, 0.6) is 0 Å². The molecule has 4 nitrogen and oxygen atoms in total. The van der Waals surface area contributed by atoms with Crippen LogP contribution in [0.15, 0.2) is 42.6 Å². The number of urea groups is 1. The molecule has 2 N–H and O–H groups in total. The van der Waals surface area contributed by atoms with Gasteiger partial charge in [0.1, 0.15) is 0 Å². The lowest BCUT2D eigenvalue weighted by molar-refractivity contribution is 0.251. The van der Waals surface area contributed by atoms with Gasteiger partial charge in [0.15, 0.2) is 0 Å². The molecule has 0 radical (unpaired) electrons. The van der Waals surface area contributed by atoms with Crippen molar-refractivity contribution in [2.45, 2.75) is 20.4 Å². The van der Waals surface area contributed by atoms with Gasteiger partial charge in [-0.15, -0.1) is 0 Å². The van der Waals surface area contributed by atoms with Crippen molar-refractivity contribution in [3.05, 3.63) is 59.4 Å². The summed E-state index contributed by atoms with van der Waals surface area (Å²) in [6.45, 7) is 4.44. The van der Waals surface area contributed by atoms with Crippen molar-refractivity contribution in [3.8, 4) is 0 Å². The van der Waals surface area contributed by atoms with Crippen molar-refractivity contribution in [2.24, 2.45) is 0 Å². The predicted octanol–water partition coefficient (Wildman–Crippen LogP) is 3.02. The van der Waals surface area contributed by atoms with Crippen molar-refractivity contribution in [3.63, 3.8) is 0 Å². The van der Waals surface area contributed by atoms with Gasteiger partial charge >= 0.3 is 6.03 Å². The molecule has 0 fully saturated rings. The molecule has 2 aromatic rings. The number of benzene rings is 1. The largest absolute Gasteiger partial charge is 0.334 e. The normalized spacial score (nSPS) is 10.0. The topological polar surface area (TPSA) is 54.0 Å². The van der Waals surface area contributed by atoms with Crippen molar-refractivity contribution in [2.75, 3.05) is 5.32 Å². The predicted molar refractivity (Wildman–Crippen MR) is 76.0 cm³/mol. The van der Waals surface area contributed by atoms with E-state index in [0.29, 0.717) is 12.2 Å². The third-order valence-electron chi connectivity index (χ3n) is 2.70. The van der Waals surface area contributed by atoms with E-state index in [0.717, 1.165) is 11.3 Å². The third kappa shape index (κ3) is 4.10. The Hall–Kier alpha value is -2.36. The molecule has 2 amide bonds. The second kappa shape index (κ2) is 6.00. The monoisotopic (exact) mass is 255 g/mol. The number of pyridine rings is 1. The molecule has 1 heterocycles. The lowest BCUT2D eigenvalue weighted by Crippen LogP contribution is -2.28. The van der Waals surface area contributed by atoms with E-state index < -0.39 is 0 Å². The zero-order valence-electron chi connectivity index (χ0n) is 11.1. The highest BCUT2D eigenvalue weighted by Crippen LogP contribution is 2.06. The van der Waals surface area contributed by atoms with Crippen LogP contribution in [0.3, 0.4) is 0 Å². The number of nitrogens with zero attached hydrogens (tertiary/aromatic N) is 1. The Balaban J connectivity index is 1.86. The van der Waals surface area contributed by atoms with Gasteiger partial charge in [-0.05, 0) is 31.5 Å².